The number of amides is 2. The molecule has 1 N–H and O–H groups in total. The lowest BCUT2D eigenvalue weighted by Crippen LogP contribution is -2.35. The molecule has 2 aromatic rings. The summed E-state index contributed by atoms with van der Waals surface area (Å²) in [6.07, 6.45) is 2.06. The Bertz CT molecular complexity index is 996. The van der Waals surface area contributed by atoms with Gasteiger partial charge in [0.05, 0.1) is 18.5 Å². The van der Waals surface area contributed by atoms with Crippen LogP contribution in [0, 0.1) is 13.8 Å². The van der Waals surface area contributed by atoms with Gasteiger partial charge in [-0.2, -0.15) is 0 Å². The van der Waals surface area contributed by atoms with Crippen LogP contribution in [0.15, 0.2) is 47.5 Å². The van der Waals surface area contributed by atoms with Gasteiger partial charge in [0.15, 0.2) is 5.17 Å². The van der Waals surface area contributed by atoms with Gasteiger partial charge in [0.2, 0.25) is 11.8 Å². The van der Waals surface area contributed by atoms with Crippen LogP contribution in [-0.2, 0) is 9.59 Å². The molecule has 2 amide bonds. The summed E-state index contributed by atoms with van der Waals surface area (Å²) in [6, 6.07) is 13.5. The number of carbonyl (C=O) groups excluding carboxylic acids is 2. The van der Waals surface area contributed by atoms with Crippen LogP contribution in [0.3, 0.4) is 0 Å². The Morgan fingerprint density at radius 1 is 1.17 bits per heavy atom. The number of ether oxygens (including phenoxy) is 1. The van der Waals surface area contributed by atoms with Gasteiger partial charge in [0, 0.05) is 12.5 Å². The molecule has 2 aliphatic rings. The molecule has 1 aliphatic carbocycles. The zero-order valence-corrected chi connectivity index (χ0v) is 18.2. The van der Waals surface area contributed by atoms with Crippen LogP contribution in [0.2, 0.25) is 0 Å². The van der Waals surface area contributed by atoms with E-state index in [-0.39, 0.29) is 24.3 Å². The summed E-state index contributed by atoms with van der Waals surface area (Å²) in [6.45, 7) is 4.04. The number of methoxy groups -OCH3 is 1. The molecular weight excluding hydrogens is 398 g/mol. The van der Waals surface area contributed by atoms with Gasteiger partial charge >= 0.3 is 0 Å². The third-order valence-electron chi connectivity index (χ3n) is 5.28. The number of thioether (sulfide) groups is 1. The molecule has 156 valence electrons. The fourth-order valence-electron chi connectivity index (χ4n) is 3.56. The fourth-order valence-corrected chi connectivity index (χ4v) is 4.76. The van der Waals surface area contributed by atoms with Gasteiger partial charge in [-0.05, 0) is 49.9 Å². The first-order valence-electron chi connectivity index (χ1n) is 10.1. The first-order chi connectivity index (χ1) is 14.5. The highest BCUT2D eigenvalue weighted by Crippen LogP contribution is 2.40. The molecule has 0 unspecified atom stereocenters. The lowest BCUT2D eigenvalue weighted by Gasteiger charge is -2.16. The maximum atomic E-state index is 13.1. The number of hydrogen-bond donors (Lipinski definition) is 1. The molecule has 1 aliphatic heterocycles. The van der Waals surface area contributed by atoms with Crippen molar-refractivity contribution in [3.05, 3.63) is 53.6 Å². The van der Waals surface area contributed by atoms with Crippen LogP contribution in [0.5, 0.6) is 5.75 Å². The summed E-state index contributed by atoms with van der Waals surface area (Å²) in [4.78, 5) is 32.4. The highest BCUT2D eigenvalue weighted by molar-refractivity contribution is 8.15. The van der Waals surface area contributed by atoms with Gasteiger partial charge < -0.3 is 10.1 Å². The van der Waals surface area contributed by atoms with Gasteiger partial charge in [0.1, 0.15) is 11.0 Å². The number of aliphatic imine (C=N–C) groups is 1. The molecule has 6 nitrogen and oxygen atoms in total. The third kappa shape index (κ3) is 4.21. The van der Waals surface area contributed by atoms with E-state index >= 15 is 0 Å². The van der Waals surface area contributed by atoms with Crippen molar-refractivity contribution < 1.29 is 14.3 Å². The maximum Gasteiger partial charge on any atom is 0.242 e. The standard InChI is InChI=1S/C23H25N3O3S/c1-14-7-6-8-15(2)21(14)25-23-26(16-11-12-16)22(28)19(30-23)13-20(27)24-17-9-4-5-10-18(17)29-3/h4-10,16,19H,11-13H2,1-3H3,(H,24,27)/t19-/m1/s1. The lowest BCUT2D eigenvalue weighted by atomic mass is 10.1. The second-order valence-electron chi connectivity index (χ2n) is 7.63. The first kappa shape index (κ1) is 20.5. The summed E-state index contributed by atoms with van der Waals surface area (Å²) in [5.41, 5.74) is 3.65. The van der Waals surface area contributed by atoms with Crippen LogP contribution in [0.1, 0.15) is 30.4 Å². The Hall–Kier alpha value is -2.80. The van der Waals surface area contributed by atoms with E-state index in [2.05, 4.69) is 5.32 Å². The fraction of sp³-hybridized carbons (Fsp3) is 0.348. The first-order valence-corrected chi connectivity index (χ1v) is 10.9. The third-order valence-corrected chi connectivity index (χ3v) is 6.43. The molecular formula is C23H25N3O3S. The predicted octanol–water partition coefficient (Wildman–Crippen LogP) is 4.43. The van der Waals surface area contributed by atoms with E-state index in [1.807, 2.05) is 44.2 Å². The van der Waals surface area contributed by atoms with Crippen molar-refractivity contribution in [1.82, 2.24) is 4.90 Å². The molecule has 0 radical (unpaired) electrons. The highest BCUT2D eigenvalue weighted by Gasteiger charge is 2.46. The highest BCUT2D eigenvalue weighted by atomic mass is 32.2. The minimum absolute atomic E-state index is 0.0253. The number of benzene rings is 2. The second kappa shape index (κ2) is 8.52. The van der Waals surface area contributed by atoms with E-state index in [0.29, 0.717) is 16.6 Å². The number of nitrogens with zero attached hydrogens (tertiary/aromatic N) is 2. The Balaban J connectivity index is 1.53. The largest absolute Gasteiger partial charge is 0.495 e. The SMILES string of the molecule is COc1ccccc1NC(=O)C[C@H]1SC(=Nc2c(C)cccc2C)N(C2CC2)C1=O. The summed E-state index contributed by atoms with van der Waals surface area (Å²) < 4.78 is 5.29. The van der Waals surface area contributed by atoms with Gasteiger partial charge in [-0.3, -0.25) is 14.5 Å². The minimum Gasteiger partial charge on any atom is -0.495 e. The number of anilines is 1. The van der Waals surface area contributed by atoms with Crippen LogP contribution < -0.4 is 10.1 Å². The Morgan fingerprint density at radius 3 is 2.53 bits per heavy atom. The number of aryl methyl sites for hydroxylation is 2. The molecule has 1 heterocycles. The van der Waals surface area contributed by atoms with Crippen molar-refractivity contribution in [3.8, 4) is 5.75 Å². The molecule has 0 spiro atoms. The van der Waals surface area contributed by atoms with E-state index < -0.39 is 5.25 Å². The summed E-state index contributed by atoms with van der Waals surface area (Å²) in [5, 5.41) is 3.10. The average Bonchev–Trinajstić information content (AvgIpc) is 3.51. The number of nitrogens with one attached hydrogen (secondary N) is 1. The molecule has 1 saturated heterocycles. The number of hydrogen-bond acceptors (Lipinski definition) is 5. The van der Waals surface area contributed by atoms with Crippen LogP contribution in [0.4, 0.5) is 11.4 Å². The smallest absolute Gasteiger partial charge is 0.242 e. The van der Waals surface area contributed by atoms with E-state index in [4.69, 9.17) is 9.73 Å². The quantitative estimate of drug-likeness (QED) is 0.746. The molecule has 1 atom stereocenters. The maximum absolute atomic E-state index is 13.1. The molecule has 0 aromatic heterocycles. The van der Waals surface area contributed by atoms with Crippen LogP contribution in [-0.4, -0.2) is 40.3 Å². The molecule has 1 saturated carbocycles. The predicted molar refractivity (Wildman–Crippen MR) is 120 cm³/mol. The Kier molecular flexibility index (Phi) is 5.81. The van der Waals surface area contributed by atoms with Crippen molar-refractivity contribution in [3.63, 3.8) is 0 Å². The van der Waals surface area contributed by atoms with Crippen molar-refractivity contribution >= 4 is 40.1 Å². The summed E-state index contributed by atoms with van der Waals surface area (Å²) in [7, 11) is 1.56. The van der Waals surface area contributed by atoms with Gasteiger partial charge in [-0.15, -0.1) is 0 Å². The van der Waals surface area contributed by atoms with E-state index in [9.17, 15) is 9.59 Å². The van der Waals surface area contributed by atoms with Crippen molar-refractivity contribution in [2.24, 2.45) is 4.99 Å². The van der Waals surface area contributed by atoms with Gasteiger partial charge in [-0.1, -0.05) is 42.1 Å². The molecule has 2 aromatic carbocycles. The number of amidine groups is 1. The zero-order chi connectivity index (χ0) is 21.3. The van der Waals surface area contributed by atoms with E-state index in [1.54, 1.807) is 24.1 Å². The van der Waals surface area contributed by atoms with E-state index in [1.165, 1.54) is 11.8 Å². The molecule has 0 bridgehead atoms. The van der Waals surface area contributed by atoms with Gasteiger partial charge in [0.25, 0.3) is 0 Å². The Morgan fingerprint density at radius 2 is 1.87 bits per heavy atom. The van der Waals surface area contributed by atoms with Crippen molar-refractivity contribution in [2.45, 2.75) is 44.4 Å². The molecule has 7 heteroatoms. The van der Waals surface area contributed by atoms with Crippen molar-refractivity contribution in [2.75, 3.05) is 12.4 Å². The molecule has 4 rings (SSSR count). The number of para-hydroxylation sites is 3. The monoisotopic (exact) mass is 423 g/mol. The Labute approximate surface area is 180 Å². The van der Waals surface area contributed by atoms with Crippen LogP contribution >= 0.6 is 11.8 Å². The average molecular weight is 424 g/mol. The minimum atomic E-state index is -0.469. The van der Waals surface area contributed by atoms with E-state index in [0.717, 1.165) is 29.7 Å². The van der Waals surface area contributed by atoms with Crippen molar-refractivity contribution in [1.29, 1.82) is 0 Å². The number of carbonyl (C=O) groups is 2. The van der Waals surface area contributed by atoms with Crippen LogP contribution in [0.25, 0.3) is 0 Å². The zero-order valence-electron chi connectivity index (χ0n) is 17.3. The summed E-state index contributed by atoms with van der Waals surface area (Å²) >= 11 is 1.39. The normalized spacial score (nSPS) is 20.0. The molecule has 2 fully saturated rings. The molecule has 30 heavy (non-hydrogen) atoms. The lowest BCUT2D eigenvalue weighted by molar-refractivity contribution is -0.128. The number of rotatable bonds is 6. The topological polar surface area (TPSA) is 71.0 Å². The van der Waals surface area contributed by atoms with Gasteiger partial charge in [-0.25, -0.2) is 4.99 Å². The second-order valence-corrected chi connectivity index (χ2v) is 8.80. The summed E-state index contributed by atoms with van der Waals surface area (Å²) in [5.74, 6) is 0.352.